The maximum atomic E-state index is 13.3. The lowest BCUT2D eigenvalue weighted by molar-refractivity contribution is 0.528. The fraction of sp³-hybridized carbons (Fsp3) is 0.125. The highest BCUT2D eigenvalue weighted by atomic mass is 35.5. The second-order valence-corrected chi connectivity index (χ2v) is 5.77. The van der Waals surface area contributed by atoms with Crippen LogP contribution in [0, 0.1) is 5.82 Å². The van der Waals surface area contributed by atoms with E-state index in [0.717, 1.165) is 11.1 Å². The Morgan fingerprint density at radius 3 is 2.52 bits per heavy atom. The Hall–Kier alpha value is -2.11. The summed E-state index contributed by atoms with van der Waals surface area (Å²) in [5.74, 6) is -0.298. The third-order valence-corrected chi connectivity index (χ3v) is 4.40. The van der Waals surface area contributed by atoms with Gasteiger partial charge in [0.15, 0.2) is 0 Å². The molecule has 23 heavy (non-hydrogen) atoms. The van der Waals surface area contributed by atoms with Gasteiger partial charge in [-0.25, -0.2) is 9.37 Å². The summed E-state index contributed by atoms with van der Waals surface area (Å²) < 4.78 is 13.3. The summed E-state index contributed by atoms with van der Waals surface area (Å²) in [5.41, 5.74) is 1.65. The van der Waals surface area contributed by atoms with Gasteiger partial charge in [-0.15, -0.1) is 5.10 Å². The van der Waals surface area contributed by atoms with Gasteiger partial charge in [-0.3, -0.25) is 5.01 Å². The van der Waals surface area contributed by atoms with Crippen LogP contribution in [0.4, 0.5) is 4.39 Å². The molecular weight excluding hydrogens is 338 g/mol. The molecule has 3 aromatic rings. The molecule has 0 spiro atoms. The van der Waals surface area contributed by atoms with Crippen LogP contribution in [0.25, 0.3) is 0 Å². The zero-order valence-corrected chi connectivity index (χ0v) is 13.7. The number of rotatable bonds is 4. The van der Waals surface area contributed by atoms with Crippen molar-refractivity contribution < 1.29 is 4.39 Å². The predicted molar refractivity (Wildman–Crippen MR) is 88.9 cm³/mol. The Bertz CT molecular complexity index is 790. The molecule has 0 aliphatic heterocycles. The summed E-state index contributed by atoms with van der Waals surface area (Å²) in [7, 11) is 1.85. The lowest BCUT2D eigenvalue weighted by Gasteiger charge is -2.30. The van der Waals surface area contributed by atoms with E-state index in [-0.39, 0.29) is 11.9 Å². The van der Waals surface area contributed by atoms with E-state index in [2.05, 4.69) is 10.1 Å². The molecule has 1 heterocycles. The first-order valence-corrected chi connectivity index (χ1v) is 7.60. The van der Waals surface area contributed by atoms with Gasteiger partial charge in [0, 0.05) is 12.6 Å². The van der Waals surface area contributed by atoms with Gasteiger partial charge in [0.25, 0.3) is 0 Å². The zero-order chi connectivity index (χ0) is 16.4. The fourth-order valence-corrected chi connectivity index (χ4v) is 2.87. The second-order valence-electron chi connectivity index (χ2n) is 4.99. The van der Waals surface area contributed by atoms with Crippen LogP contribution in [0.5, 0.6) is 0 Å². The molecule has 2 aromatic carbocycles. The van der Waals surface area contributed by atoms with Gasteiger partial charge in [-0.1, -0.05) is 47.5 Å². The van der Waals surface area contributed by atoms with E-state index in [1.165, 1.54) is 18.5 Å². The Morgan fingerprint density at radius 1 is 1.13 bits per heavy atom. The second kappa shape index (κ2) is 6.56. The summed E-state index contributed by atoms with van der Waals surface area (Å²) in [6, 6.07) is 11.4. The minimum absolute atomic E-state index is 0.298. The van der Waals surface area contributed by atoms with E-state index in [4.69, 9.17) is 23.2 Å². The molecule has 0 amide bonds. The van der Waals surface area contributed by atoms with Gasteiger partial charge < -0.3 is 0 Å². The molecule has 0 saturated heterocycles. The highest BCUT2D eigenvalue weighted by Crippen LogP contribution is 2.35. The molecule has 0 fully saturated rings. The third-order valence-electron chi connectivity index (χ3n) is 3.57. The number of halogens is 3. The van der Waals surface area contributed by atoms with E-state index in [9.17, 15) is 4.39 Å². The van der Waals surface area contributed by atoms with Crippen LogP contribution < -0.4 is 5.01 Å². The van der Waals surface area contributed by atoms with Crippen molar-refractivity contribution in [2.75, 3.05) is 12.1 Å². The van der Waals surface area contributed by atoms with E-state index >= 15 is 0 Å². The zero-order valence-electron chi connectivity index (χ0n) is 12.2. The Morgan fingerprint density at radius 2 is 1.87 bits per heavy atom. The molecule has 0 aliphatic carbocycles. The predicted octanol–water partition coefficient (Wildman–Crippen LogP) is 4.08. The van der Waals surface area contributed by atoms with Crippen molar-refractivity contribution in [2.24, 2.45) is 0 Å². The van der Waals surface area contributed by atoms with Crippen LogP contribution in [0.2, 0.25) is 10.0 Å². The van der Waals surface area contributed by atoms with Gasteiger partial charge in [0.2, 0.25) is 0 Å². The molecule has 4 nitrogen and oxygen atoms in total. The van der Waals surface area contributed by atoms with Gasteiger partial charge in [0.1, 0.15) is 18.5 Å². The van der Waals surface area contributed by atoms with Crippen LogP contribution >= 0.6 is 23.2 Å². The van der Waals surface area contributed by atoms with Crippen molar-refractivity contribution >= 4 is 23.2 Å². The third kappa shape index (κ3) is 3.16. The average Bonchev–Trinajstić information content (AvgIpc) is 3.08. The van der Waals surface area contributed by atoms with Crippen molar-refractivity contribution in [1.29, 1.82) is 0 Å². The van der Waals surface area contributed by atoms with Crippen molar-refractivity contribution in [1.82, 2.24) is 14.9 Å². The maximum absolute atomic E-state index is 13.3. The summed E-state index contributed by atoms with van der Waals surface area (Å²) >= 11 is 12.6. The molecule has 1 aromatic heterocycles. The largest absolute Gasteiger partial charge is 0.287 e. The number of nitrogens with zero attached hydrogens (tertiary/aromatic N) is 4. The monoisotopic (exact) mass is 350 g/mol. The van der Waals surface area contributed by atoms with Crippen molar-refractivity contribution in [3.63, 3.8) is 0 Å². The lowest BCUT2D eigenvalue weighted by atomic mass is 9.98. The van der Waals surface area contributed by atoms with Crippen LogP contribution in [-0.4, -0.2) is 21.9 Å². The number of benzene rings is 2. The van der Waals surface area contributed by atoms with E-state index in [1.807, 2.05) is 24.2 Å². The van der Waals surface area contributed by atoms with Gasteiger partial charge >= 0.3 is 0 Å². The average molecular weight is 351 g/mol. The summed E-state index contributed by atoms with van der Waals surface area (Å²) in [6.07, 6.45) is 3.02. The smallest absolute Gasteiger partial charge is 0.139 e. The highest BCUT2D eigenvalue weighted by Gasteiger charge is 2.24. The number of aromatic nitrogens is 3. The van der Waals surface area contributed by atoms with Crippen molar-refractivity contribution in [3.8, 4) is 0 Å². The maximum Gasteiger partial charge on any atom is 0.139 e. The Balaban J connectivity index is 2.13. The van der Waals surface area contributed by atoms with Crippen LogP contribution in [0.3, 0.4) is 0 Å². The molecule has 0 saturated carbocycles. The molecule has 1 atom stereocenters. The van der Waals surface area contributed by atoms with Crippen LogP contribution in [-0.2, 0) is 0 Å². The van der Waals surface area contributed by atoms with Gasteiger partial charge in [0.05, 0.1) is 16.1 Å². The summed E-state index contributed by atoms with van der Waals surface area (Å²) in [5, 5.41) is 6.90. The first kappa shape index (κ1) is 15.8. The van der Waals surface area contributed by atoms with Gasteiger partial charge in [-0.05, 0) is 23.8 Å². The van der Waals surface area contributed by atoms with Gasteiger partial charge in [-0.2, -0.15) is 4.79 Å². The quantitative estimate of drug-likeness (QED) is 0.710. The first-order valence-electron chi connectivity index (χ1n) is 6.85. The molecule has 0 N–H and O–H groups in total. The number of hydrogen-bond donors (Lipinski definition) is 0. The first-order chi connectivity index (χ1) is 11.1. The number of hydrogen-bond acceptors (Lipinski definition) is 3. The highest BCUT2D eigenvalue weighted by molar-refractivity contribution is 6.42. The topological polar surface area (TPSA) is 34.0 Å². The SMILES string of the molecule is CN(C(c1ccc(F)cc1)c1cccc(Cl)c1Cl)n1cncn1. The van der Waals surface area contributed by atoms with Crippen molar-refractivity contribution in [2.45, 2.75) is 6.04 Å². The molecule has 0 aliphatic rings. The Kier molecular flexibility index (Phi) is 4.50. The fourth-order valence-electron chi connectivity index (χ4n) is 2.46. The molecule has 118 valence electrons. The summed E-state index contributed by atoms with van der Waals surface area (Å²) in [6.45, 7) is 0. The van der Waals surface area contributed by atoms with Crippen LogP contribution in [0.1, 0.15) is 17.2 Å². The summed E-state index contributed by atoms with van der Waals surface area (Å²) in [4.78, 5) is 5.55. The normalized spacial score (nSPS) is 12.2. The van der Waals surface area contributed by atoms with Crippen molar-refractivity contribution in [3.05, 3.63) is 82.1 Å². The minimum atomic E-state index is -0.302. The van der Waals surface area contributed by atoms with E-state index in [0.29, 0.717) is 10.0 Å². The molecule has 3 rings (SSSR count). The molecular formula is C16H13Cl2FN4. The van der Waals surface area contributed by atoms with E-state index in [1.54, 1.807) is 29.3 Å². The lowest BCUT2D eigenvalue weighted by Crippen LogP contribution is -2.35. The molecule has 7 heteroatoms. The van der Waals surface area contributed by atoms with E-state index < -0.39 is 0 Å². The molecule has 0 bridgehead atoms. The molecule has 0 radical (unpaired) electrons. The minimum Gasteiger partial charge on any atom is -0.287 e. The standard InChI is InChI=1S/C16H13Cl2FN4/c1-22(23-10-20-9-21-23)16(11-5-7-12(19)8-6-11)13-3-2-4-14(17)15(13)18/h2-10,16H,1H3. The Labute approximate surface area is 143 Å². The molecule has 1 unspecified atom stereocenters. The van der Waals surface area contributed by atoms with Crippen LogP contribution in [0.15, 0.2) is 55.1 Å².